The van der Waals surface area contributed by atoms with E-state index in [4.69, 9.17) is 4.74 Å². The zero-order valence-corrected chi connectivity index (χ0v) is 16.3. The van der Waals surface area contributed by atoms with E-state index < -0.39 is 0 Å². The lowest BCUT2D eigenvalue weighted by atomic mass is 10.2. The van der Waals surface area contributed by atoms with Gasteiger partial charge < -0.3 is 25.2 Å². The summed E-state index contributed by atoms with van der Waals surface area (Å²) in [5, 5.41) is 5.48. The minimum absolute atomic E-state index is 0.0465. The molecule has 0 aromatic heterocycles. The van der Waals surface area contributed by atoms with Crippen molar-refractivity contribution in [1.82, 2.24) is 5.32 Å². The van der Waals surface area contributed by atoms with Gasteiger partial charge in [0, 0.05) is 18.3 Å². The molecule has 2 aromatic rings. The Hall–Kier alpha value is -3.06. The number of para-hydroxylation sites is 2. The molecule has 0 radical (unpaired) electrons. The Morgan fingerprint density at radius 2 is 1.86 bits per heavy atom. The van der Waals surface area contributed by atoms with E-state index in [1.165, 1.54) is 4.90 Å². The fourth-order valence-electron chi connectivity index (χ4n) is 3.45. The van der Waals surface area contributed by atoms with Gasteiger partial charge >= 0.3 is 0 Å². The number of methoxy groups -OCH3 is 1. The SMILES string of the molecule is CNC(=O)c1cccc(NC(=O)C[NH+]2CCN(c3ccccc3OC)CC2)c1. The lowest BCUT2D eigenvalue weighted by molar-refractivity contribution is -0.892. The fourth-order valence-corrected chi connectivity index (χ4v) is 3.45. The number of ether oxygens (including phenoxy) is 1. The van der Waals surface area contributed by atoms with Gasteiger partial charge in [-0.3, -0.25) is 9.59 Å². The van der Waals surface area contributed by atoms with Crippen molar-refractivity contribution in [1.29, 1.82) is 0 Å². The maximum atomic E-state index is 12.4. The fraction of sp³-hybridized carbons (Fsp3) is 0.333. The molecule has 1 fully saturated rings. The van der Waals surface area contributed by atoms with Crippen molar-refractivity contribution in [3.63, 3.8) is 0 Å². The molecule has 3 N–H and O–H groups in total. The quantitative estimate of drug-likeness (QED) is 0.675. The standard InChI is InChI=1S/C21H26N4O3/c1-22-21(27)16-6-5-7-17(14-16)23-20(26)15-24-10-12-25(13-11-24)18-8-3-4-9-19(18)28-2/h3-9,14H,10-13,15H2,1-2H3,(H,22,27)(H,23,26)/p+1. The number of hydrogen-bond acceptors (Lipinski definition) is 4. The van der Waals surface area contributed by atoms with E-state index in [2.05, 4.69) is 21.6 Å². The predicted molar refractivity (Wildman–Crippen MR) is 109 cm³/mol. The Labute approximate surface area is 165 Å². The number of carbonyl (C=O) groups is 2. The van der Waals surface area contributed by atoms with Crippen LogP contribution < -0.4 is 25.2 Å². The van der Waals surface area contributed by atoms with E-state index in [9.17, 15) is 9.59 Å². The number of nitrogens with one attached hydrogen (secondary N) is 3. The van der Waals surface area contributed by atoms with E-state index >= 15 is 0 Å². The third kappa shape index (κ3) is 4.80. The first kappa shape index (κ1) is 19.7. The Bertz CT molecular complexity index is 832. The van der Waals surface area contributed by atoms with Crippen molar-refractivity contribution in [2.75, 3.05) is 57.1 Å². The summed E-state index contributed by atoms with van der Waals surface area (Å²) in [6.45, 7) is 3.90. The molecule has 0 bridgehead atoms. The highest BCUT2D eigenvalue weighted by Gasteiger charge is 2.24. The van der Waals surface area contributed by atoms with Crippen molar-refractivity contribution in [3.05, 3.63) is 54.1 Å². The molecule has 2 amide bonds. The Kier molecular flexibility index (Phi) is 6.49. The number of rotatable bonds is 6. The van der Waals surface area contributed by atoms with Gasteiger partial charge in [-0.2, -0.15) is 0 Å². The van der Waals surface area contributed by atoms with Gasteiger partial charge in [0.1, 0.15) is 5.75 Å². The number of anilines is 2. The van der Waals surface area contributed by atoms with Crippen molar-refractivity contribution in [2.45, 2.75) is 0 Å². The van der Waals surface area contributed by atoms with Crippen LogP contribution in [0.25, 0.3) is 0 Å². The third-order valence-corrected chi connectivity index (χ3v) is 4.94. The lowest BCUT2D eigenvalue weighted by Gasteiger charge is -2.34. The highest BCUT2D eigenvalue weighted by molar-refractivity contribution is 5.97. The highest BCUT2D eigenvalue weighted by Crippen LogP contribution is 2.27. The van der Waals surface area contributed by atoms with Crippen LogP contribution in [-0.4, -0.2) is 58.7 Å². The number of piperazine rings is 1. The van der Waals surface area contributed by atoms with Crippen LogP contribution in [0.2, 0.25) is 0 Å². The number of nitrogens with zero attached hydrogens (tertiary/aromatic N) is 1. The monoisotopic (exact) mass is 383 g/mol. The number of hydrogen-bond donors (Lipinski definition) is 3. The molecule has 148 valence electrons. The van der Waals surface area contributed by atoms with Crippen molar-refractivity contribution < 1.29 is 19.2 Å². The van der Waals surface area contributed by atoms with Crippen LogP contribution in [0, 0.1) is 0 Å². The predicted octanol–water partition coefficient (Wildman–Crippen LogP) is 0.398. The molecule has 3 rings (SSSR count). The van der Waals surface area contributed by atoms with Crippen LogP contribution in [0.1, 0.15) is 10.4 Å². The summed E-state index contributed by atoms with van der Waals surface area (Å²) in [5.74, 6) is 0.656. The molecule has 1 aliphatic rings. The second-order valence-corrected chi connectivity index (χ2v) is 6.79. The van der Waals surface area contributed by atoms with Crippen molar-refractivity contribution in [3.8, 4) is 5.75 Å². The Morgan fingerprint density at radius 3 is 2.57 bits per heavy atom. The average Bonchev–Trinajstić information content (AvgIpc) is 2.73. The molecule has 0 unspecified atom stereocenters. The number of amides is 2. The Morgan fingerprint density at radius 1 is 1.11 bits per heavy atom. The molecule has 1 aliphatic heterocycles. The van der Waals surface area contributed by atoms with E-state index in [1.807, 2.05) is 18.2 Å². The minimum atomic E-state index is -0.172. The summed E-state index contributed by atoms with van der Waals surface area (Å²) in [5.41, 5.74) is 2.26. The summed E-state index contributed by atoms with van der Waals surface area (Å²) in [6, 6.07) is 15.0. The first-order valence-corrected chi connectivity index (χ1v) is 9.44. The molecular weight excluding hydrogens is 356 g/mol. The smallest absolute Gasteiger partial charge is 0.279 e. The second-order valence-electron chi connectivity index (χ2n) is 6.79. The number of quaternary nitrogens is 1. The molecule has 0 atom stereocenters. The zero-order chi connectivity index (χ0) is 19.9. The van der Waals surface area contributed by atoms with Gasteiger partial charge in [-0.15, -0.1) is 0 Å². The average molecular weight is 383 g/mol. The molecular formula is C21H27N4O3+. The van der Waals surface area contributed by atoms with E-state index in [1.54, 1.807) is 38.4 Å². The van der Waals surface area contributed by atoms with Crippen LogP contribution in [-0.2, 0) is 4.79 Å². The molecule has 7 nitrogen and oxygen atoms in total. The van der Waals surface area contributed by atoms with Crippen LogP contribution in [0.15, 0.2) is 48.5 Å². The van der Waals surface area contributed by atoms with Crippen LogP contribution in [0.4, 0.5) is 11.4 Å². The summed E-state index contributed by atoms with van der Waals surface area (Å²) < 4.78 is 5.45. The highest BCUT2D eigenvalue weighted by atomic mass is 16.5. The zero-order valence-electron chi connectivity index (χ0n) is 16.3. The molecule has 0 spiro atoms. The van der Waals surface area contributed by atoms with Gasteiger partial charge in [-0.25, -0.2) is 0 Å². The van der Waals surface area contributed by atoms with Crippen LogP contribution in [0.3, 0.4) is 0 Å². The molecule has 1 heterocycles. The normalized spacial score (nSPS) is 14.4. The molecule has 28 heavy (non-hydrogen) atoms. The summed E-state index contributed by atoms with van der Waals surface area (Å²) in [7, 11) is 3.27. The first-order valence-electron chi connectivity index (χ1n) is 9.44. The Balaban J connectivity index is 1.52. The van der Waals surface area contributed by atoms with Crippen LogP contribution in [0.5, 0.6) is 5.75 Å². The van der Waals surface area contributed by atoms with Gasteiger partial charge in [0.2, 0.25) is 0 Å². The number of carbonyl (C=O) groups excluding carboxylic acids is 2. The maximum Gasteiger partial charge on any atom is 0.279 e. The van der Waals surface area contributed by atoms with Gasteiger partial charge in [0.25, 0.3) is 11.8 Å². The molecule has 2 aromatic carbocycles. The van der Waals surface area contributed by atoms with E-state index in [0.717, 1.165) is 37.6 Å². The summed E-state index contributed by atoms with van der Waals surface area (Å²) >= 11 is 0. The van der Waals surface area contributed by atoms with E-state index in [0.29, 0.717) is 17.8 Å². The van der Waals surface area contributed by atoms with Gasteiger partial charge in [0.15, 0.2) is 6.54 Å². The van der Waals surface area contributed by atoms with Gasteiger partial charge in [-0.1, -0.05) is 18.2 Å². The maximum absolute atomic E-state index is 12.4. The van der Waals surface area contributed by atoms with Gasteiger partial charge in [0.05, 0.1) is 39.0 Å². The number of benzene rings is 2. The second kappa shape index (κ2) is 9.23. The summed E-state index contributed by atoms with van der Waals surface area (Å²) in [6.07, 6.45) is 0. The van der Waals surface area contributed by atoms with Crippen molar-refractivity contribution in [2.24, 2.45) is 0 Å². The third-order valence-electron chi connectivity index (χ3n) is 4.94. The first-order chi connectivity index (χ1) is 13.6. The summed E-state index contributed by atoms with van der Waals surface area (Å²) in [4.78, 5) is 27.7. The molecule has 0 aliphatic carbocycles. The lowest BCUT2D eigenvalue weighted by Crippen LogP contribution is -3.15. The molecule has 1 saturated heterocycles. The largest absolute Gasteiger partial charge is 0.495 e. The topological polar surface area (TPSA) is 75.1 Å². The van der Waals surface area contributed by atoms with Gasteiger partial charge in [-0.05, 0) is 30.3 Å². The molecule has 7 heteroatoms. The minimum Gasteiger partial charge on any atom is -0.495 e. The van der Waals surface area contributed by atoms with E-state index in [-0.39, 0.29) is 11.8 Å². The van der Waals surface area contributed by atoms with Crippen LogP contribution >= 0.6 is 0 Å². The molecule has 0 saturated carbocycles. The van der Waals surface area contributed by atoms with Crippen molar-refractivity contribution >= 4 is 23.2 Å².